The summed E-state index contributed by atoms with van der Waals surface area (Å²) >= 11 is 4.75. The van der Waals surface area contributed by atoms with Gasteiger partial charge in [0.1, 0.15) is 11.6 Å². The van der Waals surface area contributed by atoms with E-state index in [-0.39, 0.29) is 0 Å². The number of piperazine rings is 1. The Morgan fingerprint density at radius 1 is 0.711 bits per heavy atom. The molecule has 1 fully saturated rings. The van der Waals surface area contributed by atoms with Crippen molar-refractivity contribution < 1.29 is 5.11 Å². The number of hydrogen-bond acceptors (Lipinski definition) is 9. The van der Waals surface area contributed by atoms with Gasteiger partial charge >= 0.3 is 0 Å². The van der Waals surface area contributed by atoms with Crippen LogP contribution in [0.1, 0.15) is 0 Å². The molecule has 0 bridgehead atoms. The topological polar surface area (TPSA) is 91.4 Å². The largest absolute Gasteiger partial charge is 0.508 e. The molecule has 0 saturated carbocycles. The number of hydrogen-bond donors (Lipinski definition) is 3. The van der Waals surface area contributed by atoms with Crippen molar-refractivity contribution in [2.45, 2.75) is 4.90 Å². The number of pyridine rings is 1. The molecule has 0 amide bonds. The van der Waals surface area contributed by atoms with Crippen LogP contribution in [0.4, 0.5) is 5.82 Å². The highest BCUT2D eigenvalue weighted by atomic mass is 32.2. The summed E-state index contributed by atoms with van der Waals surface area (Å²) in [6.07, 6.45) is 5.68. The van der Waals surface area contributed by atoms with E-state index >= 15 is 0 Å². The van der Waals surface area contributed by atoms with E-state index in [1.807, 2.05) is 55.0 Å². The maximum absolute atomic E-state index is 9.49. The van der Waals surface area contributed by atoms with E-state index in [0.717, 1.165) is 70.2 Å². The minimum absolute atomic E-state index is 0.294. The summed E-state index contributed by atoms with van der Waals surface area (Å²) < 4.78 is 2.35. The lowest BCUT2D eigenvalue weighted by Gasteiger charge is -2.34. The first kappa shape index (κ1) is 26.0. The van der Waals surface area contributed by atoms with E-state index in [0.29, 0.717) is 5.75 Å². The van der Waals surface area contributed by atoms with Gasteiger partial charge in [-0.15, -0.1) is 12.8 Å². The van der Waals surface area contributed by atoms with Crippen LogP contribution in [0.2, 0.25) is 0 Å². The number of aromatic nitrogens is 3. The van der Waals surface area contributed by atoms with Crippen LogP contribution in [-0.2, 0) is 0 Å². The number of nitrogens with zero attached hydrogens (tertiary/aromatic N) is 5. The summed E-state index contributed by atoms with van der Waals surface area (Å²) in [7, 11) is 0. The van der Waals surface area contributed by atoms with Crippen LogP contribution in [0.3, 0.4) is 0 Å². The molecule has 2 aromatic heterocycles. The van der Waals surface area contributed by atoms with Gasteiger partial charge < -0.3 is 10.0 Å². The van der Waals surface area contributed by atoms with Crippen LogP contribution in [0, 0.1) is 0 Å². The van der Waals surface area contributed by atoms with E-state index < -0.39 is 0 Å². The Labute approximate surface area is 232 Å². The van der Waals surface area contributed by atoms with Crippen molar-refractivity contribution >= 4 is 41.6 Å². The normalized spacial score (nSPS) is 13.7. The summed E-state index contributed by atoms with van der Waals surface area (Å²) in [6, 6.07) is 26.1. The Kier molecular flexibility index (Phi) is 8.40. The molecule has 192 valence electrons. The Bertz CT molecular complexity index is 1490. The summed E-state index contributed by atoms with van der Waals surface area (Å²) in [5.41, 5.74) is 6.15. The van der Waals surface area contributed by atoms with Crippen molar-refractivity contribution in [3.8, 4) is 28.0 Å². The van der Waals surface area contributed by atoms with Gasteiger partial charge in [-0.2, -0.15) is 0 Å². The molecule has 38 heavy (non-hydrogen) atoms. The second-order valence-electron chi connectivity index (χ2n) is 8.76. The summed E-state index contributed by atoms with van der Waals surface area (Å²) in [5.74, 6) is 1.20. The molecule has 3 aromatic carbocycles. The van der Waals surface area contributed by atoms with Crippen LogP contribution in [-0.4, -0.2) is 50.5 Å². The molecule has 6 rings (SSSR count). The molecule has 0 unspecified atom stereocenters. The van der Waals surface area contributed by atoms with Gasteiger partial charge in [0.15, 0.2) is 0 Å². The standard InChI is InChI=1S/C29H25N5OS.H3NS/c35-25-7-9-26(10-8-25)36-34-14-12-33(13-15-34)29-20-31-27-11-6-22(17-28(27)32-29)24-16-23(18-30-19-24)21-4-2-1-3-5-21;1-2/h1-11,16-20,35H,12-15H2;2H,1H2. The lowest BCUT2D eigenvalue weighted by atomic mass is 10.0. The molecule has 1 aliphatic heterocycles. The molecule has 0 atom stereocenters. The number of fused-ring (bicyclic) bond motifs is 1. The monoisotopic (exact) mass is 540 g/mol. The smallest absolute Gasteiger partial charge is 0.147 e. The Hall–Kier alpha value is -3.63. The molecule has 9 heteroatoms. The number of aromatic hydroxyl groups is 1. The molecule has 1 saturated heterocycles. The molecule has 3 N–H and O–H groups in total. The van der Waals surface area contributed by atoms with Crippen LogP contribution in [0.5, 0.6) is 5.75 Å². The number of thiol groups is 1. The van der Waals surface area contributed by atoms with Crippen molar-refractivity contribution in [1.82, 2.24) is 19.3 Å². The van der Waals surface area contributed by atoms with Crippen LogP contribution in [0.25, 0.3) is 33.3 Å². The second-order valence-corrected chi connectivity index (χ2v) is 9.93. The molecule has 1 aliphatic rings. The maximum Gasteiger partial charge on any atom is 0.147 e. The lowest BCUT2D eigenvalue weighted by molar-refractivity contribution is 0.428. The molecular formula is C29H28N6OS2. The average Bonchev–Trinajstić information content (AvgIpc) is 3.00. The molecular weight excluding hydrogens is 512 g/mol. The zero-order chi connectivity index (χ0) is 26.3. The van der Waals surface area contributed by atoms with Gasteiger partial charge in [-0.25, -0.2) is 9.29 Å². The Morgan fingerprint density at radius 3 is 2.16 bits per heavy atom. The second kappa shape index (κ2) is 12.3. The first-order chi connectivity index (χ1) is 18.7. The third-order valence-electron chi connectivity index (χ3n) is 6.34. The van der Waals surface area contributed by atoms with Crippen LogP contribution >= 0.6 is 24.8 Å². The lowest BCUT2D eigenvalue weighted by Crippen LogP contribution is -2.43. The van der Waals surface area contributed by atoms with Gasteiger partial charge in [0.25, 0.3) is 0 Å². The summed E-state index contributed by atoms with van der Waals surface area (Å²) in [6.45, 7) is 3.61. The fourth-order valence-corrected chi connectivity index (χ4v) is 5.29. The average molecular weight is 541 g/mol. The third-order valence-corrected chi connectivity index (χ3v) is 7.45. The number of nitrogens with two attached hydrogens (primary N) is 1. The predicted molar refractivity (Wildman–Crippen MR) is 159 cm³/mol. The molecule has 5 aromatic rings. The SMILES string of the molecule is NS.Oc1ccc(SN2CCN(c3cnc4ccc(-c5cncc(-c6ccccc6)c5)cc4n3)CC2)cc1. The molecule has 0 aliphatic carbocycles. The third kappa shape index (κ3) is 6.08. The minimum Gasteiger partial charge on any atom is -0.508 e. The molecule has 0 radical (unpaired) electrons. The number of rotatable bonds is 5. The molecule has 3 heterocycles. The van der Waals surface area contributed by atoms with Gasteiger partial charge in [-0.05, 0) is 65.5 Å². The zero-order valence-electron chi connectivity index (χ0n) is 20.7. The van der Waals surface area contributed by atoms with E-state index in [1.165, 1.54) is 0 Å². The van der Waals surface area contributed by atoms with E-state index in [9.17, 15) is 5.11 Å². The number of phenols is 1. The highest BCUT2D eigenvalue weighted by Gasteiger charge is 2.19. The fraction of sp³-hybridized carbons (Fsp3) is 0.138. The van der Waals surface area contributed by atoms with Crippen molar-refractivity contribution in [2.24, 2.45) is 5.14 Å². The van der Waals surface area contributed by atoms with Crippen molar-refractivity contribution in [3.05, 3.63) is 97.5 Å². The van der Waals surface area contributed by atoms with Gasteiger partial charge in [-0.3, -0.25) is 15.1 Å². The van der Waals surface area contributed by atoms with Crippen molar-refractivity contribution in [3.63, 3.8) is 0 Å². The van der Waals surface area contributed by atoms with Gasteiger partial charge in [0.05, 0.1) is 17.2 Å². The highest BCUT2D eigenvalue weighted by molar-refractivity contribution is 7.97. The Morgan fingerprint density at radius 2 is 1.42 bits per heavy atom. The van der Waals surface area contributed by atoms with Crippen LogP contribution < -0.4 is 10.0 Å². The first-order valence-electron chi connectivity index (χ1n) is 12.2. The minimum atomic E-state index is 0.294. The van der Waals surface area contributed by atoms with Gasteiger partial charge in [0.2, 0.25) is 0 Å². The van der Waals surface area contributed by atoms with Crippen molar-refractivity contribution in [1.29, 1.82) is 0 Å². The molecule has 0 spiro atoms. The molecule has 7 nitrogen and oxygen atoms in total. The zero-order valence-corrected chi connectivity index (χ0v) is 22.4. The van der Waals surface area contributed by atoms with E-state index in [2.05, 4.69) is 67.5 Å². The number of anilines is 1. The first-order valence-corrected chi connectivity index (χ1v) is 13.5. The van der Waals surface area contributed by atoms with Gasteiger partial charge in [0, 0.05) is 54.6 Å². The highest BCUT2D eigenvalue weighted by Crippen LogP contribution is 2.29. The fourth-order valence-electron chi connectivity index (χ4n) is 4.38. The Balaban J connectivity index is 0.00000144. The maximum atomic E-state index is 9.49. The van der Waals surface area contributed by atoms with E-state index in [4.69, 9.17) is 4.98 Å². The number of phenolic OH excluding ortho intramolecular Hbond substituents is 1. The summed E-state index contributed by atoms with van der Waals surface area (Å²) in [5, 5.41) is 13.7. The van der Waals surface area contributed by atoms with Gasteiger partial charge in [-0.1, -0.05) is 36.4 Å². The number of benzene rings is 3. The van der Waals surface area contributed by atoms with Crippen LogP contribution in [0.15, 0.2) is 102 Å². The quantitative estimate of drug-likeness (QED) is 0.194. The van der Waals surface area contributed by atoms with Crippen molar-refractivity contribution in [2.75, 3.05) is 31.1 Å². The predicted octanol–water partition coefficient (Wildman–Crippen LogP) is 5.68. The summed E-state index contributed by atoms with van der Waals surface area (Å²) in [4.78, 5) is 17.6. The van der Waals surface area contributed by atoms with E-state index in [1.54, 1.807) is 24.1 Å².